The minimum Gasteiger partial charge on any atom is -0.497 e. The van der Waals surface area contributed by atoms with E-state index in [-0.39, 0.29) is 0 Å². The van der Waals surface area contributed by atoms with E-state index < -0.39 is 0 Å². The quantitative estimate of drug-likeness (QED) is 0.476. The van der Waals surface area contributed by atoms with Crippen LogP contribution in [0.2, 0.25) is 0 Å². The predicted molar refractivity (Wildman–Crippen MR) is 129 cm³/mol. The number of ether oxygens (including phenoxy) is 2. The molecule has 0 unspecified atom stereocenters. The monoisotopic (exact) mass is 445 g/mol. The van der Waals surface area contributed by atoms with Crippen LogP contribution in [0.15, 0.2) is 59.6 Å². The first-order valence-corrected chi connectivity index (χ1v) is 11.8. The molecular weight excluding hydrogens is 418 g/mol. The molecule has 1 aromatic heterocycles. The lowest BCUT2D eigenvalue weighted by atomic mass is 9.99. The van der Waals surface area contributed by atoms with E-state index in [0.717, 1.165) is 71.8 Å². The van der Waals surface area contributed by atoms with Gasteiger partial charge in [-0.25, -0.2) is 4.98 Å². The fourth-order valence-corrected chi connectivity index (χ4v) is 4.71. The van der Waals surface area contributed by atoms with Crippen molar-refractivity contribution in [3.05, 3.63) is 65.7 Å². The number of hydrogen-bond acceptors (Lipinski definition) is 6. The molecule has 1 aliphatic heterocycles. The standard InChI is InChI=1S/C26H27N3O2S/c1-19-3-5-21(6-4-19)25-17-23(20-7-9-22(30-2)10-8-20)24(18-27)26(28-25)32-16-13-29-11-14-31-15-12-29/h3-10,17H,11-16H2,1-2H3. The Balaban J connectivity index is 1.69. The lowest BCUT2D eigenvalue weighted by molar-refractivity contribution is 0.0410. The molecule has 4 rings (SSSR count). The van der Waals surface area contributed by atoms with Crippen LogP contribution in [0.3, 0.4) is 0 Å². The Morgan fingerprint density at radius 2 is 1.75 bits per heavy atom. The number of thioether (sulfide) groups is 1. The number of nitrogens with zero attached hydrogens (tertiary/aromatic N) is 3. The van der Waals surface area contributed by atoms with Gasteiger partial charge in [0.1, 0.15) is 16.8 Å². The summed E-state index contributed by atoms with van der Waals surface area (Å²) in [6.07, 6.45) is 0. The first-order chi connectivity index (χ1) is 15.7. The highest BCUT2D eigenvalue weighted by Gasteiger charge is 2.17. The molecule has 0 bridgehead atoms. The Hall–Kier alpha value is -2.85. The zero-order chi connectivity index (χ0) is 22.3. The van der Waals surface area contributed by atoms with Gasteiger partial charge in [0, 0.05) is 36.5 Å². The smallest absolute Gasteiger partial charge is 0.118 e. The summed E-state index contributed by atoms with van der Waals surface area (Å²) in [5, 5.41) is 10.8. The molecule has 0 atom stereocenters. The van der Waals surface area contributed by atoms with Crippen LogP contribution in [-0.4, -0.2) is 55.6 Å². The zero-order valence-electron chi connectivity index (χ0n) is 18.5. The molecule has 3 aromatic rings. The summed E-state index contributed by atoms with van der Waals surface area (Å²) < 4.78 is 10.7. The Morgan fingerprint density at radius 1 is 1.06 bits per heavy atom. The molecule has 1 fully saturated rings. The van der Waals surface area contributed by atoms with E-state index in [1.54, 1.807) is 18.9 Å². The van der Waals surface area contributed by atoms with Crippen LogP contribution < -0.4 is 4.74 Å². The van der Waals surface area contributed by atoms with E-state index >= 15 is 0 Å². The number of nitriles is 1. The second-order valence-corrected chi connectivity index (χ2v) is 8.83. The van der Waals surface area contributed by atoms with E-state index in [9.17, 15) is 5.26 Å². The van der Waals surface area contributed by atoms with Crippen molar-refractivity contribution in [2.45, 2.75) is 11.9 Å². The predicted octanol–water partition coefficient (Wildman–Crippen LogP) is 5.03. The van der Waals surface area contributed by atoms with Gasteiger partial charge in [0.2, 0.25) is 0 Å². The minimum atomic E-state index is 0.623. The van der Waals surface area contributed by atoms with Crippen molar-refractivity contribution in [1.29, 1.82) is 5.26 Å². The van der Waals surface area contributed by atoms with Crippen molar-refractivity contribution in [3.63, 3.8) is 0 Å². The highest BCUT2D eigenvalue weighted by molar-refractivity contribution is 7.99. The normalized spacial score (nSPS) is 14.2. The van der Waals surface area contributed by atoms with Crippen molar-refractivity contribution in [2.24, 2.45) is 0 Å². The van der Waals surface area contributed by atoms with E-state index in [1.165, 1.54) is 5.56 Å². The molecule has 164 valence electrons. The van der Waals surface area contributed by atoms with Crippen LogP contribution in [-0.2, 0) is 4.74 Å². The van der Waals surface area contributed by atoms with Crippen molar-refractivity contribution in [2.75, 3.05) is 45.7 Å². The Bertz CT molecular complexity index is 1090. The lowest BCUT2D eigenvalue weighted by Crippen LogP contribution is -2.37. The topological polar surface area (TPSA) is 58.4 Å². The van der Waals surface area contributed by atoms with Crippen molar-refractivity contribution >= 4 is 11.8 Å². The van der Waals surface area contributed by atoms with Gasteiger partial charge in [-0.1, -0.05) is 42.0 Å². The van der Waals surface area contributed by atoms with Gasteiger partial charge in [-0.3, -0.25) is 4.90 Å². The average Bonchev–Trinajstić information content (AvgIpc) is 2.85. The van der Waals surface area contributed by atoms with Crippen molar-refractivity contribution < 1.29 is 9.47 Å². The maximum absolute atomic E-state index is 10.1. The van der Waals surface area contributed by atoms with Crippen LogP contribution in [0, 0.1) is 18.3 Å². The summed E-state index contributed by atoms with van der Waals surface area (Å²) in [5.74, 6) is 1.67. The number of rotatable bonds is 7. The molecule has 0 aliphatic carbocycles. The molecule has 32 heavy (non-hydrogen) atoms. The lowest BCUT2D eigenvalue weighted by Gasteiger charge is -2.26. The highest BCUT2D eigenvalue weighted by atomic mass is 32.2. The molecule has 0 amide bonds. The van der Waals surface area contributed by atoms with Crippen LogP contribution in [0.4, 0.5) is 0 Å². The molecule has 5 nitrogen and oxygen atoms in total. The van der Waals surface area contributed by atoms with Crippen LogP contribution in [0.1, 0.15) is 11.1 Å². The van der Waals surface area contributed by atoms with E-state index in [2.05, 4.69) is 42.2 Å². The summed E-state index contributed by atoms with van der Waals surface area (Å²) >= 11 is 1.65. The number of morpholine rings is 1. The number of hydrogen-bond donors (Lipinski definition) is 0. The number of aromatic nitrogens is 1. The van der Waals surface area contributed by atoms with E-state index in [4.69, 9.17) is 14.5 Å². The van der Waals surface area contributed by atoms with Gasteiger partial charge in [0.05, 0.1) is 31.6 Å². The summed E-state index contributed by atoms with van der Waals surface area (Å²) in [6, 6.07) is 20.6. The molecule has 1 aliphatic rings. The fraction of sp³-hybridized carbons (Fsp3) is 0.308. The zero-order valence-corrected chi connectivity index (χ0v) is 19.3. The number of aryl methyl sites for hydroxylation is 1. The first-order valence-electron chi connectivity index (χ1n) is 10.8. The first kappa shape index (κ1) is 22.3. The SMILES string of the molecule is COc1ccc(-c2cc(-c3ccc(C)cc3)nc(SCCN3CCOCC3)c2C#N)cc1. The van der Waals surface area contributed by atoms with Crippen LogP contribution >= 0.6 is 11.8 Å². The van der Waals surface area contributed by atoms with Crippen LogP contribution in [0.5, 0.6) is 5.75 Å². The third-order valence-electron chi connectivity index (χ3n) is 5.60. The molecule has 0 saturated carbocycles. The minimum absolute atomic E-state index is 0.623. The Kier molecular flexibility index (Phi) is 7.43. The second-order valence-electron chi connectivity index (χ2n) is 7.74. The highest BCUT2D eigenvalue weighted by Crippen LogP contribution is 2.35. The molecule has 0 N–H and O–H groups in total. The number of pyridine rings is 1. The molecule has 1 saturated heterocycles. The third-order valence-corrected chi connectivity index (χ3v) is 6.55. The molecule has 2 aromatic carbocycles. The Labute approximate surface area is 194 Å². The largest absolute Gasteiger partial charge is 0.497 e. The van der Waals surface area contributed by atoms with Crippen molar-refractivity contribution in [3.8, 4) is 34.2 Å². The summed E-state index contributed by atoms with van der Waals surface area (Å²) in [5.41, 5.74) is 5.63. The number of benzene rings is 2. The van der Waals surface area contributed by atoms with E-state index in [1.807, 2.05) is 30.3 Å². The summed E-state index contributed by atoms with van der Waals surface area (Å²) in [7, 11) is 1.65. The maximum Gasteiger partial charge on any atom is 0.118 e. The van der Waals surface area contributed by atoms with Gasteiger partial charge in [0.25, 0.3) is 0 Å². The fourth-order valence-electron chi connectivity index (χ4n) is 3.70. The summed E-state index contributed by atoms with van der Waals surface area (Å²) in [6.45, 7) is 6.52. The number of methoxy groups -OCH3 is 1. The molecule has 2 heterocycles. The average molecular weight is 446 g/mol. The molecule has 0 spiro atoms. The van der Waals surface area contributed by atoms with E-state index in [0.29, 0.717) is 5.56 Å². The molecular formula is C26H27N3O2S. The third kappa shape index (κ3) is 5.31. The van der Waals surface area contributed by atoms with Gasteiger partial charge < -0.3 is 9.47 Å². The molecule has 6 heteroatoms. The van der Waals surface area contributed by atoms with Crippen molar-refractivity contribution in [1.82, 2.24) is 9.88 Å². The Morgan fingerprint density at radius 3 is 2.41 bits per heavy atom. The maximum atomic E-state index is 10.1. The van der Waals surface area contributed by atoms with Gasteiger partial charge in [-0.05, 0) is 30.7 Å². The van der Waals surface area contributed by atoms with Gasteiger partial charge in [0.15, 0.2) is 0 Å². The van der Waals surface area contributed by atoms with Crippen LogP contribution in [0.25, 0.3) is 22.4 Å². The van der Waals surface area contributed by atoms with Gasteiger partial charge in [-0.15, -0.1) is 11.8 Å². The second kappa shape index (κ2) is 10.6. The molecule has 0 radical (unpaired) electrons. The van der Waals surface area contributed by atoms with Gasteiger partial charge in [-0.2, -0.15) is 5.26 Å². The summed E-state index contributed by atoms with van der Waals surface area (Å²) in [4.78, 5) is 7.32. The van der Waals surface area contributed by atoms with Gasteiger partial charge >= 0.3 is 0 Å².